The number of aromatic nitrogens is 2. The summed E-state index contributed by atoms with van der Waals surface area (Å²) in [7, 11) is 3.08. The molecule has 0 saturated carbocycles. The fourth-order valence-electron chi connectivity index (χ4n) is 3.73. The summed E-state index contributed by atoms with van der Waals surface area (Å²) in [6.07, 6.45) is 3.39. The smallest absolute Gasteiger partial charge is 0.338 e. The first-order valence-corrected chi connectivity index (χ1v) is 11.1. The number of thiazole rings is 1. The summed E-state index contributed by atoms with van der Waals surface area (Å²) in [5, 5.41) is 0. The molecule has 0 amide bonds. The van der Waals surface area contributed by atoms with Crippen molar-refractivity contribution in [1.82, 2.24) is 9.55 Å². The van der Waals surface area contributed by atoms with Crippen LogP contribution in [0.4, 0.5) is 0 Å². The summed E-state index contributed by atoms with van der Waals surface area (Å²) in [5.41, 5.74) is 1.88. The van der Waals surface area contributed by atoms with Crippen molar-refractivity contribution in [1.29, 1.82) is 0 Å². The number of methoxy groups -OCH3 is 2. The molecule has 1 atom stereocenters. The molecule has 4 rings (SSSR count). The molecule has 0 radical (unpaired) electrons. The van der Waals surface area contributed by atoms with Crippen molar-refractivity contribution >= 4 is 23.4 Å². The van der Waals surface area contributed by atoms with Crippen LogP contribution in [0.15, 0.2) is 63.7 Å². The Balaban J connectivity index is 1.98. The molecule has 3 aromatic rings. The summed E-state index contributed by atoms with van der Waals surface area (Å²) >= 11 is 1.25. The van der Waals surface area contributed by atoms with Crippen LogP contribution in [0.2, 0.25) is 0 Å². The first-order valence-electron chi connectivity index (χ1n) is 10.3. The van der Waals surface area contributed by atoms with Crippen LogP contribution in [0.25, 0.3) is 6.08 Å². The van der Waals surface area contributed by atoms with Crippen molar-refractivity contribution < 1.29 is 19.0 Å². The van der Waals surface area contributed by atoms with Gasteiger partial charge in [-0.1, -0.05) is 23.5 Å². The van der Waals surface area contributed by atoms with E-state index in [0.29, 0.717) is 43.4 Å². The van der Waals surface area contributed by atoms with Crippen LogP contribution in [0, 0.1) is 0 Å². The zero-order valence-corrected chi connectivity index (χ0v) is 19.5. The molecule has 0 N–H and O–H groups in total. The van der Waals surface area contributed by atoms with E-state index < -0.39 is 12.0 Å². The number of rotatable bonds is 6. The summed E-state index contributed by atoms with van der Waals surface area (Å²) < 4.78 is 18.1. The van der Waals surface area contributed by atoms with E-state index in [9.17, 15) is 9.59 Å². The van der Waals surface area contributed by atoms with Crippen LogP contribution in [0.5, 0.6) is 11.5 Å². The molecular weight excluding hydrogens is 442 g/mol. The van der Waals surface area contributed by atoms with Gasteiger partial charge in [0.1, 0.15) is 0 Å². The second-order valence-corrected chi connectivity index (χ2v) is 8.18. The Morgan fingerprint density at radius 3 is 2.64 bits per heavy atom. The van der Waals surface area contributed by atoms with Crippen molar-refractivity contribution in [2.75, 3.05) is 20.8 Å². The largest absolute Gasteiger partial charge is 0.493 e. The number of carbonyl (C=O) groups is 1. The standard InChI is InChI=1S/C24H23N3O5S/c1-5-32-23(29)20-14(2)26-24-27(21(20)15-9-10-17(30-3)18(12-15)31-4)22(28)19(33-24)13-16-8-6-7-11-25-16/h6-13,21H,5H2,1-4H3/b19-13-/t21-/m0/s1. The Morgan fingerprint density at radius 1 is 1.18 bits per heavy atom. The molecule has 3 heterocycles. The average Bonchev–Trinajstić information content (AvgIpc) is 3.12. The first kappa shape index (κ1) is 22.5. The van der Waals surface area contributed by atoms with Gasteiger partial charge in [-0.15, -0.1) is 0 Å². The van der Waals surface area contributed by atoms with Crippen molar-refractivity contribution in [3.05, 3.63) is 84.8 Å². The van der Waals surface area contributed by atoms with E-state index in [1.54, 1.807) is 51.4 Å². The van der Waals surface area contributed by atoms with Gasteiger partial charge in [-0.3, -0.25) is 14.3 Å². The predicted octanol–water partition coefficient (Wildman–Crippen LogP) is 2.21. The number of hydrogen-bond donors (Lipinski definition) is 0. The monoisotopic (exact) mass is 465 g/mol. The molecule has 9 heteroatoms. The number of benzene rings is 1. The number of hydrogen-bond acceptors (Lipinski definition) is 8. The predicted molar refractivity (Wildman–Crippen MR) is 124 cm³/mol. The van der Waals surface area contributed by atoms with Crippen LogP contribution in [-0.2, 0) is 9.53 Å². The Morgan fingerprint density at radius 2 is 1.97 bits per heavy atom. The number of carbonyl (C=O) groups excluding carboxylic acids is 1. The van der Waals surface area contributed by atoms with Crippen LogP contribution >= 0.6 is 11.3 Å². The minimum atomic E-state index is -0.731. The molecule has 170 valence electrons. The molecule has 1 aromatic carbocycles. The van der Waals surface area contributed by atoms with Gasteiger partial charge < -0.3 is 14.2 Å². The number of allylic oxidation sites excluding steroid dienone is 1. The van der Waals surface area contributed by atoms with Crippen LogP contribution < -0.4 is 24.4 Å². The normalized spacial score (nSPS) is 15.6. The lowest BCUT2D eigenvalue weighted by Crippen LogP contribution is -2.40. The zero-order chi connectivity index (χ0) is 23.5. The van der Waals surface area contributed by atoms with E-state index in [1.807, 2.05) is 18.2 Å². The lowest BCUT2D eigenvalue weighted by molar-refractivity contribution is -0.139. The topological polar surface area (TPSA) is 92.0 Å². The van der Waals surface area contributed by atoms with E-state index in [-0.39, 0.29) is 12.2 Å². The number of fused-ring (bicyclic) bond motifs is 1. The van der Waals surface area contributed by atoms with Gasteiger partial charge in [-0.2, -0.15) is 0 Å². The van der Waals surface area contributed by atoms with Gasteiger partial charge in [0.2, 0.25) is 0 Å². The SMILES string of the molecule is CCOC(=O)C1=C(C)N=c2s/c(=C\c3ccccn3)c(=O)n2[C@H]1c1ccc(OC)c(OC)c1. The molecule has 0 bridgehead atoms. The van der Waals surface area contributed by atoms with Crippen molar-refractivity contribution in [3.63, 3.8) is 0 Å². The molecule has 1 aliphatic rings. The minimum Gasteiger partial charge on any atom is -0.493 e. The third kappa shape index (κ3) is 4.19. The molecule has 2 aromatic heterocycles. The van der Waals surface area contributed by atoms with E-state index in [0.717, 1.165) is 0 Å². The van der Waals surface area contributed by atoms with E-state index in [2.05, 4.69) is 9.98 Å². The molecule has 33 heavy (non-hydrogen) atoms. The van der Waals surface area contributed by atoms with E-state index >= 15 is 0 Å². The highest BCUT2D eigenvalue weighted by atomic mass is 32.1. The molecule has 0 fully saturated rings. The molecule has 8 nitrogen and oxygen atoms in total. The summed E-state index contributed by atoms with van der Waals surface area (Å²) in [6, 6.07) is 10.1. The maximum absolute atomic E-state index is 13.5. The van der Waals surface area contributed by atoms with Crippen LogP contribution in [-0.4, -0.2) is 36.3 Å². The number of nitrogens with zero attached hydrogens (tertiary/aromatic N) is 3. The lowest BCUT2D eigenvalue weighted by atomic mass is 9.95. The second kappa shape index (κ2) is 9.41. The van der Waals surface area contributed by atoms with Crippen molar-refractivity contribution in [2.24, 2.45) is 4.99 Å². The maximum atomic E-state index is 13.5. The van der Waals surface area contributed by atoms with Gasteiger partial charge in [0.15, 0.2) is 16.3 Å². The molecule has 0 unspecified atom stereocenters. The van der Waals surface area contributed by atoms with Crippen molar-refractivity contribution in [2.45, 2.75) is 19.9 Å². The zero-order valence-electron chi connectivity index (χ0n) is 18.7. The highest BCUT2D eigenvalue weighted by Crippen LogP contribution is 2.36. The quantitative estimate of drug-likeness (QED) is 0.519. The van der Waals surface area contributed by atoms with Crippen LogP contribution in [0.1, 0.15) is 31.1 Å². The number of ether oxygens (including phenoxy) is 3. The summed E-state index contributed by atoms with van der Waals surface area (Å²) in [5.74, 6) is 0.517. The van der Waals surface area contributed by atoms with Crippen molar-refractivity contribution in [3.8, 4) is 11.5 Å². The third-order valence-corrected chi connectivity index (χ3v) is 6.19. The fourth-order valence-corrected chi connectivity index (χ4v) is 4.76. The van der Waals surface area contributed by atoms with Gasteiger partial charge in [-0.05, 0) is 49.8 Å². The summed E-state index contributed by atoms with van der Waals surface area (Å²) in [6.45, 7) is 3.69. The highest BCUT2D eigenvalue weighted by molar-refractivity contribution is 7.07. The average molecular weight is 466 g/mol. The Bertz CT molecular complexity index is 1410. The van der Waals surface area contributed by atoms with Gasteiger partial charge >= 0.3 is 5.97 Å². The van der Waals surface area contributed by atoms with Gasteiger partial charge in [0, 0.05) is 6.20 Å². The van der Waals surface area contributed by atoms with E-state index in [4.69, 9.17) is 14.2 Å². The molecule has 0 spiro atoms. The number of pyridine rings is 1. The maximum Gasteiger partial charge on any atom is 0.338 e. The van der Waals surface area contributed by atoms with Gasteiger partial charge in [0.25, 0.3) is 5.56 Å². The molecule has 0 saturated heterocycles. The molecule has 0 aliphatic carbocycles. The van der Waals surface area contributed by atoms with E-state index in [1.165, 1.54) is 23.0 Å². The number of esters is 1. The van der Waals surface area contributed by atoms with Crippen LogP contribution in [0.3, 0.4) is 0 Å². The van der Waals surface area contributed by atoms with Gasteiger partial charge in [0.05, 0.1) is 48.4 Å². The van der Waals surface area contributed by atoms with Gasteiger partial charge in [-0.25, -0.2) is 9.79 Å². The Hall–Kier alpha value is -3.72. The molecular formula is C24H23N3O5S. The second-order valence-electron chi connectivity index (χ2n) is 7.17. The highest BCUT2D eigenvalue weighted by Gasteiger charge is 2.33. The first-order chi connectivity index (χ1) is 16.0. The Labute approximate surface area is 194 Å². The molecule has 1 aliphatic heterocycles. The summed E-state index contributed by atoms with van der Waals surface area (Å²) in [4.78, 5) is 35.8. The third-order valence-electron chi connectivity index (χ3n) is 5.21. The fraction of sp³-hybridized carbons (Fsp3) is 0.250. The Kier molecular flexibility index (Phi) is 6.41. The lowest BCUT2D eigenvalue weighted by Gasteiger charge is -2.25. The minimum absolute atomic E-state index is 0.207.